The van der Waals surface area contributed by atoms with Crippen LogP contribution in [0.4, 0.5) is 0 Å². The van der Waals surface area contributed by atoms with Crippen molar-refractivity contribution in [1.29, 1.82) is 0 Å². The Morgan fingerprint density at radius 3 is 1.56 bits per heavy atom. The summed E-state index contributed by atoms with van der Waals surface area (Å²) in [6, 6.07) is 0. The third-order valence-corrected chi connectivity index (χ3v) is 2.18. The van der Waals surface area contributed by atoms with Crippen molar-refractivity contribution < 1.29 is 25.9 Å². The second-order valence-electron chi connectivity index (χ2n) is 7.04. The Bertz CT molecular complexity index is 196. The number of ketones is 1. The van der Waals surface area contributed by atoms with Gasteiger partial charge < -0.3 is 13.8 Å². The van der Waals surface area contributed by atoms with Crippen molar-refractivity contribution in [2.45, 2.75) is 73.6 Å². The molecule has 18 heavy (non-hydrogen) atoms. The van der Waals surface area contributed by atoms with Crippen LogP contribution in [0.3, 0.4) is 0 Å². The van der Waals surface area contributed by atoms with E-state index >= 15 is 0 Å². The van der Waals surface area contributed by atoms with Crippen LogP contribution in [0.15, 0.2) is 0 Å². The van der Waals surface area contributed by atoms with Crippen molar-refractivity contribution in [3.63, 3.8) is 0 Å². The van der Waals surface area contributed by atoms with Crippen LogP contribution in [0.5, 0.6) is 0 Å². The van der Waals surface area contributed by atoms with Gasteiger partial charge in [0.25, 0.3) is 0 Å². The minimum atomic E-state index is 0. The first-order chi connectivity index (χ1) is 7.52. The van der Waals surface area contributed by atoms with Crippen LogP contribution >= 0.6 is 0 Å². The van der Waals surface area contributed by atoms with Gasteiger partial charge in [-0.05, 0) is 5.41 Å². The average molecular weight is 424 g/mol. The van der Waals surface area contributed by atoms with Gasteiger partial charge in [-0.1, -0.05) is 53.4 Å². The van der Waals surface area contributed by atoms with Crippen molar-refractivity contribution in [1.82, 2.24) is 0 Å². The summed E-state index contributed by atoms with van der Waals surface area (Å²) in [5, 5.41) is 0. The number of carbonyl (C=O) groups is 1. The Hall–Kier alpha value is 0.358. The summed E-state index contributed by atoms with van der Waals surface area (Å²) in [4.78, 5) is 11.2. The molecule has 0 rings (SSSR count). The maximum absolute atomic E-state index is 11.2. The Kier molecular flexibility index (Phi) is 14.6. The largest absolute Gasteiger partial charge is 2.00 e. The molecule has 0 aliphatic carbocycles. The molecule has 1 nitrogen and oxygen atoms in total. The van der Waals surface area contributed by atoms with Gasteiger partial charge in [0.05, 0.1) is 0 Å². The average Bonchev–Trinajstić information content (AvgIpc) is 2.12. The summed E-state index contributed by atoms with van der Waals surface area (Å²) in [7, 11) is 0. The van der Waals surface area contributed by atoms with E-state index in [2.05, 4.69) is 55.4 Å². The van der Waals surface area contributed by atoms with Crippen molar-refractivity contribution in [3.05, 3.63) is 13.8 Å². The van der Waals surface area contributed by atoms with E-state index in [1.807, 2.05) is 0 Å². The summed E-state index contributed by atoms with van der Waals surface area (Å²) >= 11 is 0. The van der Waals surface area contributed by atoms with Crippen LogP contribution in [0.25, 0.3) is 0 Å². The first-order valence-corrected chi connectivity index (χ1v) is 6.62. The Labute approximate surface area is 130 Å². The van der Waals surface area contributed by atoms with Gasteiger partial charge >= 0.3 is 21.1 Å². The zero-order valence-electron chi connectivity index (χ0n) is 13.3. The second-order valence-corrected chi connectivity index (χ2v) is 7.04. The minimum absolute atomic E-state index is 0. The predicted molar refractivity (Wildman–Crippen MR) is 77.7 cm³/mol. The molecule has 0 atom stereocenters. The summed E-state index contributed by atoms with van der Waals surface area (Å²) in [6.45, 7) is 20.3. The van der Waals surface area contributed by atoms with Crippen LogP contribution in [0.1, 0.15) is 73.6 Å². The summed E-state index contributed by atoms with van der Waals surface area (Å²) in [6.07, 6.45) is 4.24. The number of carbonyl (C=O) groups excluding carboxylic acids is 1. The van der Waals surface area contributed by atoms with Crippen LogP contribution in [0, 0.1) is 24.7 Å². The molecule has 0 bridgehead atoms. The third-order valence-electron chi connectivity index (χ3n) is 2.18. The maximum Gasteiger partial charge on any atom is 2.00 e. The van der Waals surface area contributed by atoms with Crippen LogP contribution < -0.4 is 0 Å². The van der Waals surface area contributed by atoms with E-state index < -0.39 is 0 Å². The van der Waals surface area contributed by atoms with E-state index in [0.29, 0.717) is 24.0 Å². The van der Waals surface area contributed by atoms with Gasteiger partial charge in [0.2, 0.25) is 0 Å². The van der Waals surface area contributed by atoms with E-state index in [0.717, 1.165) is 19.3 Å². The van der Waals surface area contributed by atoms with Gasteiger partial charge in [-0.15, -0.1) is 0 Å². The van der Waals surface area contributed by atoms with E-state index in [-0.39, 0.29) is 26.5 Å². The zero-order valence-corrected chi connectivity index (χ0v) is 16.2. The van der Waals surface area contributed by atoms with Crippen molar-refractivity contribution in [2.24, 2.45) is 10.8 Å². The molecule has 0 amide bonds. The zero-order chi connectivity index (χ0) is 14.1. The molecule has 0 saturated heterocycles. The summed E-state index contributed by atoms with van der Waals surface area (Å²) < 4.78 is 0. The van der Waals surface area contributed by atoms with E-state index in [4.69, 9.17) is 0 Å². The molecule has 0 saturated carbocycles. The standard InChI is InChI=1S/C10H19O.C6H13.W/c1-5-6-7-9(11)8-10(2,3)4;1-5-6(2,3)4;/h1,5-8H2,2-4H3;1,5H2,2-4H3;/q2*-1;+2. The summed E-state index contributed by atoms with van der Waals surface area (Å²) in [5.41, 5.74) is 0.582. The molecule has 0 aromatic heterocycles. The molecule has 0 aliphatic rings. The fraction of sp³-hybridized carbons (Fsp3) is 0.812. The van der Waals surface area contributed by atoms with Gasteiger partial charge in [-0.2, -0.15) is 12.8 Å². The third kappa shape index (κ3) is 25.3. The Balaban J connectivity index is -0.000000277. The Morgan fingerprint density at radius 2 is 1.33 bits per heavy atom. The summed E-state index contributed by atoms with van der Waals surface area (Å²) in [5.74, 6) is 0.376. The fourth-order valence-electron chi connectivity index (χ4n) is 1.00. The molecule has 0 aliphatic heterocycles. The molecule has 0 unspecified atom stereocenters. The molecule has 108 valence electrons. The molecule has 0 spiro atoms. The molecule has 0 aromatic carbocycles. The van der Waals surface area contributed by atoms with E-state index in [1.54, 1.807) is 0 Å². The normalized spacial score (nSPS) is 11.1. The van der Waals surface area contributed by atoms with Crippen LogP contribution in [-0.2, 0) is 25.9 Å². The van der Waals surface area contributed by atoms with Crippen molar-refractivity contribution in [3.8, 4) is 0 Å². The fourth-order valence-corrected chi connectivity index (χ4v) is 1.00. The molecular formula is C16H32OW. The van der Waals surface area contributed by atoms with Crippen molar-refractivity contribution in [2.75, 3.05) is 0 Å². The molecule has 2 heteroatoms. The smallest absolute Gasteiger partial charge is 0.343 e. The molecule has 0 radical (unpaired) electrons. The molecule has 0 heterocycles. The quantitative estimate of drug-likeness (QED) is 0.564. The predicted octanol–water partition coefficient (Wildman–Crippen LogP) is 5.25. The number of Topliss-reactive ketones (excluding diaryl/α,β-unsaturated/α-hetero) is 1. The first kappa shape index (κ1) is 23.5. The van der Waals surface area contributed by atoms with Gasteiger partial charge in [0.15, 0.2) is 0 Å². The van der Waals surface area contributed by atoms with Gasteiger partial charge in [-0.3, -0.25) is 4.79 Å². The first-order valence-electron chi connectivity index (χ1n) is 6.62. The SMILES string of the molecule is [CH2-]CC(C)(C)C.[CH2-]CCCC(=O)CC(C)(C)C.[W+2]. The molecular weight excluding hydrogens is 392 g/mol. The van der Waals surface area contributed by atoms with E-state index in [1.165, 1.54) is 0 Å². The number of hydrogen-bond donors (Lipinski definition) is 0. The van der Waals surface area contributed by atoms with Crippen LogP contribution in [0.2, 0.25) is 0 Å². The molecule has 0 fully saturated rings. The maximum atomic E-state index is 11.2. The minimum Gasteiger partial charge on any atom is -0.343 e. The van der Waals surface area contributed by atoms with Crippen LogP contribution in [-0.4, -0.2) is 5.78 Å². The van der Waals surface area contributed by atoms with Gasteiger partial charge in [-0.25, -0.2) is 0 Å². The monoisotopic (exact) mass is 424 g/mol. The number of hydrogen-bond acceptors (Lipinski definition) is 1. The van der Waals surface area contributed by atoms with Crippen molar-refractivity contribution >= 4 is 5.78 Å². The number of unbranched alkanes of at least 4 members (excludes halogenated alkanes) is 1. The van der Waals surface area contributed by atoms with Gasteiger partial charge in [0.1, 0.15) is 5.78 Å². The molecule has 0 aromatic rings. The molecule has 0 N–H and O–H groups in total. The topological polar surface area (TPSA) is 17.1 Å². The number of rotatable bonds is 4. The van der Waals surface area contributed by atoms with E-state index in [9.17, 15) is 4.79 Å². The van der Waals surface area contributed by atoms with Gasteiger partial charge in [0, 0.05) is 12.8 Å². The Morgan fingerprint density at radius 1 is 0.944 bits per heavy atom. The second kappa shape index (κ2) is 11.2.